The van der Waals surface area contributed by atoms with Crippen LogP contribution in [0, 0.1) is 0 Å². The lowest BCUT2D eigenvalue weighted by molar-refractivity contribution is -0.125. The van der Waals surface area contributed by atoms with Crippen LogP contribution in [0.2, 0.25) is 0 Å². The molecule has 1 aromatic carbocycles. The number of urea groups is 1. The summed E-state index contributed by atoms with van der Waals surface area (Å²) in [7, 11) is 1.61. The highest BCUT2D eigenvalue weighted by Gasteiger charge is 2.54. The number of pyridine rings is 1. The predicted molar refractivity (Wildman–Crippen MR) is 81.8 cm³/mol. The molecule has 1 saturated heterocycles. The van der Waals surface area contributed by atoms with Gasteiger partial charge in [-0.15, -0.1) is 0 Å². The van der Waals surface area contributed by atoms with Gasteiger partial charge in [0.1, 0.15) is 5.54 Å². The van der Waals surface area contributed by atoms with Gasteiger partial charge in [-0.2, -0.15) is 0 Å². The second-order valence-electron chi connectivity index (χ2n) is 6.03. The lowest BCUT2D eigenvalue weighted by Crippen LogP contribution is -2.48. The van der Waals surface area contributed by atoms with Crippen LogP contribution in [0.4, 0.5) is 9.59 Å². The molecule has 0 radical (unpaired) electrons. The maximum atomic E-state index is 12.3. The normalized spacial score (nSPS) is 22.1. The Labute approximate surface area is 136 Å². The van der Waals surface area contributed by atoms with Gasteiger partial charge in [0.05, 0.1) is 5.52 Å². The number of carbonyl (C=O) groups is 3. The minimum Gasteiger partial charge on any atom is -0.449 e. The Morgan fingerprint density at radius 2 is 2.00 bits per heavy atom. The van der Waals surface area contributed by atoms with Crippen molar-refractivity contribution in [2.24, 2.45) is 0 Å². The van der Waals surface area contributed by atoms with Crippen LogP contribution in [0.5, 0.6) is 5.88 Å². The summed E-state index contributed by atoms with van der Waals surface area (Å²) in [5.41, 5.74) is 1.58. The second kappa shape index (κ2) is 4.67. The van der Waals surface area contributed by atoms with E-state index in [1.807, 2.05) is 12.1 Å². The number of imide groups is 1. The highest BCUT2D eigenvalue weighted by molar-refractivity contribution is 6.07. The van der Waals surface area contributed by atoms with E-state index < -0.39 is 17.7 Å². The summed E-state index contributed by atoms with van der Waals surface area (Å²) < 4.78 is 4.57. The molecule has 0 saturated carbocycles. The van der Waals surface area contributed by atoms with Gasteiger partial charge >= 0.3 is 12.2 Å². The van der Waals surface area contributed by atoms with E-state index in [0.717, 1.165) is 16.5 Å². The lowest BCUT2D eigenvalue weighted by Gasteiger charge is -2.27. The number of amides is 3. The van der Waals surface area contributed by atoms with Crippen LogP contribution in [-0.4, -0.2) is 45.7 Å². The molecule has 1 fully saturated rings. The number of nitrogens with zero attached hydrogens (tertiary/aromatic N) is 2. The zero-order valence-corrected chi connectivity index (χ0v) is 12.7. The standard InChI is InChI=1S/C16H13N3O5/c1-19-14(21)18-13(20)16(19)6-9-4-8-2-3-12(24-15(22)23)17-11(8)5-10(9)7-16/h2-5H,6-7H2,1H3,(H,22,23)(H,18,20,21). The highest BCUT2D eigenvalue weighted by atomic mass is 16.7. The molecule has 8 nitrogen and oxygen atoms in total. The van der Waals surface area contributed by atoms with Gasteiger partial charge in [0, 0.05) is 31.3 Å². The van der Waals surface area contributed by atoms with E-state index in [2.05, 4.69) is 15.0 Å². The van der Waals surface area contributed by atoms with Gasteiger partial charge in [-0.05, 0) is 29.3 Å². The van der Waals surface area contributed by atoms with Gasteiger partial charge in [-0.25, -0.2) is 14.6 Å². The Morgan fingerprint density at radius 1 is 1.29 bits per heavy atom. The summed E-state index contributed by atoms with van der Waals surface area (Å²) in [6.45, 7) is 0. The number of benzene rings is 1. The fourth-order valence-corrected chi connectivity index (χ4v) is 3.45. The first-order valence-electron chi connectivity index (χ1n) is 7.32. The number of ether oxygens (including phenoxy) is 1. The molecule has 3 amide bonds. The maximum Gasteiger partial charge on any atom is 0.512 e. The van der Waals surface area contributed by atoms with E-state index in [1.54, 1.807) is 13.1 Å². The minimum atomic E-state index is -1.43. The first-order chi connectivity index (χ1) is 11.4. The molecule has 122 valence electrons. The molecular formula is C16H13N3O5. The van der Waals surface area contributed by atoms with Gasteiger partial charge in [0.15, 0.2) is 0 Å². The highest BCUT2D eigenvalue weighted by Crippen LogP contribution is 2.38. The number of nitrogens with one attached hydrogen (secondary N) is 1. The predicted octanol–water partition coefficient (Wildman–Crippen LogP) is 1.31. The van der Waals surface area contributed by atoms with Crippen LogP contribution in [-0.2, 0) is 17.6 Å². The Bertz CT molecular complexity index is 925. The van der Waals surface area contributed by atoms with Crippen molar-refractivity contribution < 1.29 is 24.2 Å². The Kier molecular flexibility index (Phi) is 2.81. The van der Waals surface area contributed by atoms with E-state index in [0.29, 0.717) is 18.4 Å². The van der Waals surface area contributed by atoms with Crippen LogP contribution in [0.1, 0.15) is 11.1 Å². The number of aromatic nitrogens is 1. The van der Waals surface area contributed by atoms with E-state index in [1.165, 1.54) is 11.0 Å². The molecule has 0 bridgehead atoms. The molecule has 4 rings (SSSR count). The third-order valence-corrected chi connectivity index (χ3v) is 4.73. The molecule has 2 aliphatic rings. The topological polar surface area (TPSA) is 109 Å². The average Bonchev–Trinajstić information content (AvgIpc) is 2.98. The molecule has 1 atom stereocenters. The summed E-state index contributed by atoms with van der Waals surface area (Å²) in [6.07, 6.45) is -0.581. The first kappa shape index (κ1) is 14.4. The molecule has 1 aliphatic heterocycles. The number of likely N-dealkylation sites (N-methyl/N-ethyl adjacent to an activating group) is 1. The Morgan fingerprint density at radius 3 is 2.62 bits per heavy atom. The van der Waals surface area contributed by atoms with Crippen LogP contribution in [0.15, 0.2) is 24.3 Å². The van der Waals surface area contributed by atoms with E-state index >= 15 is 0 Å². The van der Waals surface area contributed by atoms with E-state index in [-0.39, 0.29) is 11.8 Å². The van der Waals surface area contributed by atoms with Crippen molar-refractivity contribution in [1.82, 2.24) is 15.2 Å². The van der Waals surface area contributed by atoms with Gasteiger partial charge in [-0.1, -0.05) is 0 Å². The van der Waals surface area contributed by atoms with Crippen molar-refractivity contribution >= 4 is 29.0 Å². The van der Waals surface area contributed by atoms with Gasteiger partial charge in [0.25, 0.3) is 5.91 Å². The van der Waals surface area contributed by atoms with Crippen LogP contribution >= 0.6 is 0 Å². The molecule has 8 heteroatoms. The number of hydrogen-bond acceptors (Lipinski definition) is 5. The smallest absolute Gasteiger partial charge is 0.449 e. The molecule has 2 heterocycles. The molecule has 2 aromatic rings. The van der Waals surface area contributed by atoms with Gasteiger partial charge < -0.3 is 14.7 Å². The molecule has 1 aliphatic carbocycles. The molecule has 1 unspecified atom stereocenters. The fraction of sp³-hybridized carbons (Fsp3) is 0.250. The zero-order chi connectivity index (χ0) is 17.1. The Balaban J connectivity index is 1.76. The van der Waals surface area contributed by atoms with E-state index in [9.17, 15) is 14.4 Å². The minimum absolute atomic E-state index is 0.00596. The van der Waals surface area contributed by atoms with Crippen molar-refractivity contribution in [3.05, 3.63) is 35.4 Å². The summed E-state index contributed by atoms with van der Waals surface area (Å²) in [6, 6.07) is 6.53. The first-order valence-corrected chi connectivity index (χ1v) is 7.32. The van der Waals surface area contributed by atoms with Crippen molar-refractivity contribution in [2.45, 2.75) is 18.4 Å². The number of hydrogen-bond donors (Lipinski definition) is 2. The average molecular weight is 327 g/mol. The van der Waals surface area contributed by atoms with Crippen molar-refractivity contribution in [3.63, 3.8) is 0 Å². The van der Waals surface area contributed by atoms with Crippen molar-refractivity contribution in [2.75, 3.05) is 7.05 Å². The molecule has 24 heavy (non-hydrogen) atoms. The molecule has 1 spiro atoms. The van der Waals surface area contributed by atoms with Gasteiger partial charge in [-0.3, -0.25) is 10.1 Å². The molecule has 2 N–H and O–H groups in total. The van der Waals surface area contributed by atoms with E-state index in [4.69, 9.17) is 5.11 Å². The molecular weight excluding hydrogens is 314 g/mol. The summed E-state index contributed by atoms with van der Waals surface area (Å²) in [4.78, 5) is 40.3. The third-order valence-electron chi connectivity index (χ3n) is 4.73. The molecule has 1 aromatic heterocycles. The number of carboxylic acid groups (broad SMARTS) is 1. The fourth-order valence-electron chi connectivity index (χ4n) is 3.45. The zero-order valence-electron chi connectivity index (χ0n) is 12.7. The quantitative estimate of drug-likeness (QED) is 0.604. The number of carbonyl (C=O) groups excluding carboxylic acids is 2. The summed E-state index contributed by atoms with van der Waals surface area (Å²) >= 11 is 0. The second-order valence-corrected chi connectivity index (χ2v) is 6.03. The number of rotatable bonds is 1. The monoisotopic (exact) mass is 327 g/mol. The van der Waals surface area contributed by atoms with Crippen molar-refractivity contribution in [1.29, 1.82) is 0 Å². The largest absolute Gasteiger partial charge is 0.512 e. The number of fused-ring (bicyclic) bond motifs is 2. The maximum absolute atomic E-state index is 12.3. The van der Waals surface area contributed by atoms with Gasteiger partial charge in [0.2, 0.25) is 5.88 Å². The summed E-state index contributed by atoms with van der Waals surface area (Å²) in [5, 5.41) is 11.8. The SMILES string of the molecule is CN1C(=O)NC(=O)C12Cc1cc3ccc(OC(=O)O)nc3cc1C2. The summed E-state index contributed by atoms with van der Waals surface area (Å²) in [5.74, 6) is -0.299. The van der Waals surface area contributed by atoms with Crippen molar-refractivity contribution in [3.8, 4) is 5.88 Å². The lowest BCUT2D eigenvalue weighted by atomic mass is 9.95. The van der Waals surface area contributed by atoms with Crippen LogP contribution in [0.3, 0.4) is 0 Å². The van der Waals surface area contributed by atoms with Crippen LogP contribution in [0.25, 0.3) is 10.9 Å². The Hall–Kier alpha value is -3.16. The van der Waals surface area contributed by atoms with Crippen LogP contribution < -0.4 is 10.1 Å². The third kappa shape index (κ3) is 1.92.